The van der Waals surface area contributed by atoms with E-state index in [1.54, 1.807) is 0 Å². The lowest BCUT2D eigenvalue weighted by Gasteiger charge is -1.97. The summed E-state index contributed by atoms with van der Waals surface area (Å²) in [4.78, 5) is 4.18. The lowest BCUT2D eigenvalue weighted by Crippen LogP contribution is -1.85. The Morgan fingerprint density at radius 2 is 2.20 bits per heavy atom. The van der Waals surface area contributed by atoms with E-state index < -0.39 is 0 Å². The van der Waals surface area contributed by atoms with Gasteiger partial charge in [-0.05, 0) is 34.1 Å². The smallest absolute Gasteiger partial charge is 0.262 e. The predicted molar refractivity (Wildman–Crippen MR) is 69.7 cm³/mol. The molecule has 0 saturated heterocycles. The first-order chi connectivity index (χ1) is 9.69. The number of nitrogens with zero attached hydrogens (tertiary/aromatic N) is 4. The number of rotatable bonds is 2. The van der Waals surface area contributed by atoms with Crippen molar-refractivity contribution in [3.05, 3.63) is 40.4 Å². The van der Waals surface area contributed by atoms with Crippen LogP contribution in [0.3, 0.4) is 0 Å². The summed E-state index contributed by atoms with van der Waals surface area (Å²) in [6.45, 7) is 0. The first-order valence-corrected chi connectivity index (χ1v) is 6.21. The number of H-pyrrole nitrogens is 1. The van der Waals surface area contributed by atoms with E-state index in [0.29, 0.717) is 15.6 Å². The first-order valence-electron chi connectivity index (χ1n) is 5.42. The van der Waals surface area contributed by atoms with Crippen LogP contribution in [0.4, 0.5) is 4.39 Å². The van der Waals surface area contributed by atoms with Crippen molar-refractivity contribution in [2.45, 2.75) is 0 Å². The molecular formula is C12H5BrFN5O. The van der Waals surface area contributed by atoms with Crippen molar-refractivity contribution >= 4 is 15.9 Å². The molecule has 0 unspecified atom stereocenters. The van der Waals surface area contributed by atoms with Crippen LogP contribution in [0.15, 0.2) is 33.4 Å². The van der Waals surface area contributed by atoms with E-state index in [-0.39, 0.29) is 23.2 Å². The Bertz CT molecular complexity index is 819. The molecule has 20 heavy (non-hydrogen) atoms. The summed E-state index contributed by atoms with van der Waals surface area (Å²) >= 11 is 3.24. The van der Waals surface area contributed by atoms with Crippen molar-refractivity contribution < 1.29 is 8.91 Å². The zero-order valence-corrected chi connectivity index (χ0v) is 11.3. The highest BCUT2D eigenvalue weighted by atomic mass is 79.9. The van der Waals surface area contributed by atoms with Gasteiger partial charge in [-0.3, -0.25) is 5.10 Å². The van der Waals surface area contributed by atoms with Gasteiger partial charge in [0.25, 0.3) is 5.89 Å². The Kier molecular flexibility index (Phi) is 3.04. The van der Waals surface area contributed by atoms with Crippen LogP contribution in [-0.2, 0) is 0 Å². The quantitative estimate of drug-likeness (QED) is 0.778. The largest absolute Gasteiger partial charge is 0.333 e. The van der Waals surface area contributed by atoms with Crippen LogP contribution in [0.1, 0.15) is 5.69 Å². The predicted octanol–water partition coefficient (Wildman–Crippen LogP) is 2.90. The highest BCUT2D eigenvalue weighted by Crippen LogP contribution is 2.29. The van der Waals surface area contributed by atoms with Gasteiger partial charge in [0, 0.05) is 10.0 Å². The maximum Gasteiger partial charge on any atom is 0.262 e. The molecule has 1 aromatic carbocycles. The highest BCUT2D eigenvalue weighted by molar-refractivity contribution is 9.10. The Hall–Kier alpha value is -2.53. The second-order valence-electron chi connectivity index (χ2n) is 3.82. The van der Waals surface area contributed by atoms with E-state index >= 15 is 0 Å². The zero-order chi connectivity index (χ0) is 14.1. The van der Waals surface area contributed by atoms with Crippen molar-refractivity contribution in [2.75, 3.05) is 0 Å². The van der Waals surface area contributed by atoms with Gasteiger partial charge in [-0.25, -0.2) is 4.39 Å². The first kappa shape index (κ1) is 12.5. The number of halogens is 2. The van der Waals surface area contributed by atoms with E-state index in [9.17, 15) is 4.39 Å². The van der Waals surface area contributed by atoms with Gasteiger partial charge in [-0.2, -0.15) is 15.3 Å². The molecule has 1 N–H and O–H groups in total. The number of aromatic nitrogens is 4. The Balaban J connectivity index is 2.05. The van der Waals surface area contributed by atoms with Gasteiger partial charge in [0.15, 0.2) is 0 Å². The Morgan fingerprint density at radius 3 is 2.95 bits per heavy atom. The SMILES string of the molecule is N#Cc1[nH]ncc1-c1nc(-c2ccc(F)cc2Br)no1. The number of aromatic amines is 1. The highest BCUT2D eigenvalue weighted by Gasteiger charge is 2.17. The minimum atomic E-state index is -0.369. The summed E-state index contributed by atoms with van der Waals surface area (Å²) < 4.78 is 18.7. The van der Waals surface area contributed by atoms with Crippen molar-refractivity contribution in [3.8, 4) is 28.9 Å². The number of hydrogen-bond acceptors (Lipinski definition) is 5. The molecule has 0 atom stereocenters. The maximum atomic E-state index is 13.0. The molecule has 0 spiro atoms. The molecule has 0 radical (unpaired) electrons. The third-order valence-electron chi connectivity index (χ3n) is 2.58. The molecule has 0 amide bonds. The lowest BCUT2D eigenvalue weighted by molar-refractivity contribution is 0.432. The molecule has 2 heterocycles. The van der Waals surface area contributed by atoms with Gasteiger partial charge >= 0.3 is 0 Å². The molecule has 8 heteroatoms. The molecule has 98 valence electrons. The van der Waals surface area contributed by atoms with Gasteiger partial charge in [-0.1, -0.05) is 5.16 Å². The molecule has 0 saturated carbocycles. The third-order valence-corrected chi connectivity index (χ3v) is 3.24. The van der Waals surface area contributed by atoms with Gasteiger partial charge in [0.05, 0.1) is 11.8 Å². The summed E-state index contributed by atoms with van der Waals surface area (Å²) in [7, 11) is 0. The van der Waals surface area contributed by atoms with Crippen LogP contribution in [0.5, 0.6) is 0 Å². The molecular weight excluding hydrogens is 329 g/mol. The van der Waals surface area contributed by atoms with E-state index in [4.69, 9.17) is 9.78 Å². The summed E-state index contributed by atoms with van der Waals surface area (Å²) in [5.74, 6) is 0.0874. The van der Waals surface area contributed by atoms with E-state index in [1.807, 2.05) is 6.07 Å². The molecule has 0 aliphatic heterocycles. The van der Waals surface area contributed by atoms with Crippen LogP contribution in [0, 0.1) is 17.1 Å². The zero-order valence-electron chi connectivity index (χ0n) is 9.76. The number of benzene rings is 1. The van der Waals surface area contributed by atoms with Gasteiger partial charge < -0.3 is 4.52 Å². The molecule has 3 rings (SSSR count). The van der Waals surface area contributed by atoms with Crippen LogP contribution >= 0.6 is 15.9 Å². The second kappa shape index (κ2) is 4.86. The van der Waals surface area contributed by atoms with Crippen molar-refractivity contribution in [1.29, 1.82) is 5.26 Å². The van der Waals surface area contributed by atoms with Gasteiger partial charge in [0.1, 0.15) is 17.6 Å². The molecule has 6 nitrogen and oxygen atoms in total. The van der Waals surface area contributed by atoms with Crippen LogP contribution < -0.4 is 0 Å². The summed E-state index contributed by atoms with van der Waals surface area (Å²) in [5.41, 5.74) is 1.24. The molecule has 0 aliphatic rings. The topological polar surface area (TPSA) is 91.4 Å². The van der Waals surface area contributed by atoms with Crippen LogP contribution in [-0.4, -0.2) is 20.3 Å². The molecule has 0 bridgehead atoms. The van der Waals surface area contributed by atoms with Crippen molar-refractivity contribution in [3.63, 3.8) is 0 Å². The van der Waals surface area contributed by atoms with Crippen LogP contribution in [0.2, 0.25) is 0 Å². The molecule has 3 aromatic rings. The fourth-order valence-electron chi connectivity index (χ4n) is 1.65. The van der Waals surface area contributed by atoms with E-state index in [2.05, 4.69) is 36.3 Å². The monoisotopic (exact) mass is 333 g/mol. The third kappa shape index (κ3) is 2.08. The van der Waals surface area contributed by atoms with E-state index in [1.165, 1.54) is 24.4 Å². The van der Waals surface area contributed by atoms with E-state index in [0.717, 1.165) is 0 Å². The lowest BCUT2D eigenvalue weighted by atomic mass is 10.2. The standard InChI is InChI=1S/C12H5BrFN5O/c13-9-3-6(14)1-2-7(9)11-17-12(20-19-11)8-5-16-18-10(8)4-15/h1-3,5H,(H,16,18). The normalized spacial score (nSPS) is 10.4. The fourth-order valence-corrected chi connectivity index (χ4v) is 2.17. The second-order valence-corrected chi connectivity index (χ2v) is 4.67. The summed E-state index contributed by atoms with van der Waals surface area (Å²) in [6, 6.07) is 6.08. The van der Waals surface area contributed by atoms with Gasteiger partial charge in [-0.15, -0.1) is 0 Å². The minimum Gasteiger partial charge on any atom is -0.333 e. The molecule has 2 aromatic heterocycles. The van der Waals surface area contributed by atoms with Crippen LogP contribution in [0.25, 0.3) is 22.8 Å². The number of nitriles is 1. The summed E-state index contributed by atoms with van der Waals surface area (Å²) in [6.07, 6.45) is 1.43. The maximum absolute atomic E-state index is 13.0. The number of nitrogens with one attached hydrogen (secondary N) is 1. The minimum absolute atomic E-state index is 0.168. The molecule has 0 fully saturated rings. The number of hydrogen-bond donors (Lipinski definition) is 1. The Morgan fingerprint density at radius 1 is 1.35 bits per heavy atom. The summed E-state index contributed by atoms with van der Waals surface area (Å²) in [5, 5.41) is 19.0. The van der Waals surface area contributed by atoms with Crippen molar-refractivity contribution in [2.24, 2.45) is 0 Å². The fraction of sp³-hybridized carbons (Fsp3) is 0. The van der Waals surface area contributed by atoms with Crippen molar-refractivity contribution in [1.82, 2.24) is 20.3 Å². The van der Waals surface area contributed by atoms with Gasteiger partial charge in [0.2, 0.25) is 5.82 Å². The Labute approximate surface area is 120 Å². The molecule has 0 aliphatic carbocycles. The average Bonchev–Trinajstić information content (AvgIpc) is 3.06. The average molecular weight is 334 g/mol.